The summed E-state index contributed by atoms with van der Waals surface area (Å²) in [7, 11) is 0. The first-order valence-corrected chi connectivity index (χ1v) is 9.89. The van der Waals surface area contributed by atoms with Crippen LogP contribution in [0, 0.1) is 20.8 Å². The minimum Gasteiger partial charge on any atom is -0.507 e. The van der Waals surface area contributed by atoms with E-state index in [2.05, 4.69) is 0 Å². The molecule has 1 saturated heterocycles. The Labute approximate surface area is 176 Å². The summed E-state index contributed by atoms with van der Waals surface area (Å²) in [4.78, 5) is 27.8. The average Bonchev–Trinajstić information content (AvgIpc) is 3.01. The molecule has 4 heteroatoms. The molecule has 1 atom stereocenters. The second-order valence-electron chi connectivity index (χ2n) is 7.66. The van der Waals surface area contributed by atoms with Crippen molar-refractivity contribution in [2.24, 2.45) is 0 Å². The molecule has 3 aromatic carbocycles. The van der Waals surface area contributed by atoms with Crippen LogP contribution >= 0.6 is 0 Å². The zero-order valence-corrected chi connectivity index (χ0v) is 17.2. The molecule has 1 fully saturated rings. The lowest BCUT2D eigenvalue weighted by molar-refractivity contribution is -0.132. The van der Waals surface area contributed by atoms with Gasteiger partial charge >= 0.3 is 0 Å². The number of carbonyl (C=O) groups is 2. The van der Waals surface area contributed by atoms with Crippen LogP contribution in [0.2, 0.25) is 0 Å². The monoisotopic (exact) mass is 397 g/mol. The van der Waals surface area contributed by atoms with E-state index in [0.29, 0.717) is 11.3 Å². The Morgan fingerprint density at radius 2 is 1.50 bits per heavy atom. The fourth-order valence-corrected chi connectivity index (χ4v) is 3.90. The number of hydrogen-bond acceptors (Lipinski definition) is 3. The Balaban J connectivity index is 1.97. The standard InChI is InChI=1S/C26H23NO3/c1-16-12-14-20(15-13-16)24(28)22-23(19-9-5-4-6-10-19)27(26(30)25(22)29)21-11-7-8-17(2)18(21)3/h4-15,23,28H,1-3H3/b24-22+. The second kappa shape index (κ2) is 7.64. The van der Waals surface area contributed by atoms with E-state index in [4.69, 9.17) is 0 Å². The van der Waals surface area contributed by atoms with Crippen LogP contribution in [0.15, 0.2) is 78.4 Å². The van der Waals surface area contributed by atoms with Crippen molar-refractivity contribution in [3.05, 3.63) is 106 Å². The van der Waals surface area contributed by atoms with Gasteiger partial charge in [-0.1, -0.05) is 72.3 Å². The number of rotatable bonds is 3. The summed E-state index contributed by atoms with van der Waals surface area (Å²) >= 11 is 0. The van der Waals surface area contributed by atoms with Crippen molar-refractivity contribution >= 4 is 23.1 Å². The van der Waals surface area contributed by atoms with Crippen LogP contribution < -0.4 is 4.90 Å². The van der Waals surface area contributed by atoms with Crippen molar-refractivity contribution in [3.8, 4) is 0 Å². The fourth-order valence-electron chi connectivity index (χ4n) is 3.90. The molecule has 150 valence electrons. The smallest absolute Gasteiger partial charge is 0.300 e. The quantitative estimate of drug-likeness (QED) is 0.374. The Morgan fingerprint density at radius 3 is 2.17 bits per heavy atom. The van der Waals surface area contributed by atoms with Crippen molar-refractivity contribution in [1.29, 1.82) is 0 Å². The number of hydrogen-bond donors (Lipinski definition) is 1. The Hall–Kier alpha value is -3.66. The topological polar surface area (TPSA) is 57.6 Å². The summed E-state index contributed by atoms with van der Waals surface area (Å²) in [5, 5.41) is 11.1. The van der Waals surface area contributed by atoms with E-state index in [9.17, 15) is 14.7 Å². The van der Waals surface area contributed by atoms with Gasteiger partial charge in [0.1, 0.15) is 5.76 Å². The molecule has 4 rings (SSSR count). The van der Waals surface area contributed by atoms with Crippen LogP contribution in [0.25, 0.3) is 5.76 Å². The van der Waals surface area contributed by atoms with Crippen LogP contribution in [0.3, 0.4) is 0 Å². The van der Waals surface area contributed by atoms with Crippen LogP contribution in [0.1, 0.15) is 33.9 Å². The molecule has 30 heavy (non-hydrogen) atoms. The molecule has 1 amide bonds. The van der Waals surface area contributed by atoms with Crippen molar-refractivity contribution in [3.63, 3.8) is 0 Å². The van der Waals surface area contributed by atoms with Gasteiger partial charge in [0.25, 0.3) is 11.7 Å². The Bertz CT molecular complexity index is 1160. The molecule has 0 radical (unpaired) electrons. The molecule has 4 nitrogen and oxygen atoms in total. The third-order valence-corrected chi connectivity index (χ3v) is 5.72. The predicted molar refractivity (Wildman–Crippen MR) is 118 cm³/mol. The van der Waals surface area contributed by atoms with Gasteiger partial charge in [-0.25, -0.2) is 0 Å². The SMILES string of the molecule is Cc1ccc(/C(O)=C2\C(=O)C(=O)N(c3cccc(C)c3C)C2c2ccccc2)cc1. The zero-order valence-electron chi connectivity index (χ0n) is 17.2. The zero-order chi connectivity index (χ0) is 21.4. The van der Waals surface area contributed by atoms with Gasteiger partial charge in [-0.3, -0.25) is 14.5 Å². The highest BCUT2D eigenvalue weighted by Gasteiger charge is 2.47. The number of aryl methyl sites for hydroxylation is 2. The third kappa shape index (κ3) is 3.20. The van der Waals surface area contributed by atoms with Crippen LogP contribution in [-0.4, -0.2) is 16.8 Å². The van der Waals surface area contributed by atoms with Gasteiger partial charge in [-0.05, 0) is 43.5 Å². The summed E-state index contributed by atoms with van der Waals surface area (Å²) in [5.74, 6) is -1.47. The number of aliphatic hydroxyl groups excluding tert-OH is 1. The maximum atomic E-state index is 13.2. The Kier molecular flexibility index (Phi) is 5.00. The van der Waals surface area contributed by atoms with Crippen molar-refractivity contribution in [1.82, 2.24) is 0 Å². The molecule has 1 N–H and O–H groups in total. The van der Waals surface area contributed by atoms with E-state index in [1.165, 1.54) is 4.90 Å². The van der Waals surface area contributed by atoms with Gasteiger partial charge in [0, 0.05) is 11.3 Å². The van der Waals surface area contributed by atoms with Gasteiger partial charge in [0.2, 0.25) is 0 Å². The molecular formula is C26H23NO3. The molecule has 0 saturated carbocycles. The molecule has 1 aliphatic heterocycles. The van der Waals surface area contributed by atoms with Crippen LogP contribution in [0.4, 0.5) is 5.69 Å². The highest BCUT2D eigenvalue weighted by Crippen LogP contribution is 2.43. The molecule has 0 bridgehead atoms. The average molecular weight is 397 g/mol. The number of carbonyl (C=O) groups excluding carboxylic acids is 2. The van der Waals surface area contributed by atoms with E-state index in [0.717, 1.165) is 22.3 Å². The van der Waals surface area contributed by atoms with Gasteiger partial charge in [0.15, 0.2) is 0 Å². The summed E-state index contributed by atoms with van der Waals surface area (Å²) in [5.41, 5.74) is 5.06. The first-order chi connectivity index (χ1) is 14.4. The lowest BCUT2D eigenvalue weighted by atomic mass is 9.94. The summed E-state index contributed by atoms with van der Waals surface area (Å²) in [6, 6.07) is 21.6. The van der Waals surface area contributed by atoms with Crippen molar-refractivity contribution < 1.29 is 14.7 Å². The summed E-state index contributed by atoms with van der Waals surface area (Å²) in [6.07, 6.45) is 0. The normalized spacial score (nSPS) is 18.1. The van der Waals surface area contributed by atoms with E-state index < -0.39 is 17.7 Å². The summed E-state index contributed by atoms with van der Waals surface area (Å²) < 4.78 is 0. The fraction of sp³-hybridized carbons (Fsp3) is 0.154. The van der Waals surface area contributed by atoms with Crippen molar-refractivity contribution in [2.45, 2.75) is 26.8 Å². The number of Topliss-reactive ketones (excluding diaryl/α,β-unsaturated/α-hetero) is 1. The molecule has 0 aromatic heterocycles. The molecule has 0 spiro atoms. The summed E-state index contributed by atoms with van der Waals surface area (Å²) in [6.45, 7) is 5.86. The number of aliphatic hydroxyl groups is 1. The first kappa shape index (κ1) is 19.6. The highest BCUT2D eigenvalue weighted by molar-refractivity contribution is 6.51. The number of amides is 1. The minimum atomic E-state index is -0.701. The van der Waals surface area contributed by atoms with E-state index >= 15 is 0 Å². The van der Waals surface area contributed by atoms with E-state index in [1.807, 2.05) is 81.4 Å². The number of ketones is 1. The maximum absolute atomic E-state index is 13.2. The van der Waals surface area contributed by atoms with E-state index in [1.54, 1.807) is 12.1 Å². The molecular weight excluding hydrogens is 374 g/mol. The number of nitrogens with zero attached hydrogens (tertiary/aromatic N) is 1. The first-order valence-electron chi connectivity index (χ1n) is 9.89. The molecule has 0 aliphatic carbocycles. The molecule has 3 aromatic rings. The van der Waals surface area contributed by atoms with Gasteiger partial charge in [-0.15, -0.1) is 0 Å². The Morgan fingerprint density at radius 1 is 0.833 bits per heavy atom. The molecule has 1 heterocycles. The highest BCUT2D eigenvalue weighted by atomic mass is 16.3. The third-order valence-electron chi connectivity index (χ3n) is 5.72. The molecule has 1 unspecified atom stereocenters. The lowest BCUT2D eigenvalue weighted by Crippen LogP contribution is -2.30. The number of benzene rings is 3. The predicted octanol–water partition coefficient (Wildman–Crippen LogP) is 5.24. The van der Waals surface area contributed by atoms with E-state index in [-0.39, 0.29) is 11.3 Å². The van der Waals surface area contributed by atoms with Gasteiger partial charge in [0.05, 0.1) is 11.6 Å². The second-order valence-corrected chi connectivity index (χ2v) is 7.66. The molecule has 1 aliphatic rings. The number of anilines is 1. The van der Waals surface area contributed by atoms with Crippen molar-refractivity contribution in [2.75, 3.05) is 4.90 Å². The maximum Gasteiger partial charge on any atom is 0.300 e. The van der Waals surface area contributed by atoms with Crippen LogP contribution in [-0.2, 0) is 9.59 Å². The lowest BCUT2D eigenvalue weighted by Gasteiger charge is -2.27. The largest absolute Gasteiger partial charge is 0.507 e. The van der Waals surface area contributed by atoms with Gasteiger partial charge in [-0.2, -0.15) is 0 Å². The minimum absolute atomic E-state index is 0.107. The van der Waals surface area contributed by atoms with Gasteiger partial charge < -0.3 is 5.11 Å². The van der Waals surface area contributed by atoms with Crippen LogP contribution in [0.5, 0.6) is 0 Å².